The first-order chi connectivity index (χ1) is 11.0. The van der Waals surface area contributed by atoms with E-state index < -0.39 is 11.8 Å². The lowest BCUT2D eigenvalue weighted by atomic mass is 10.0. The van der Waals surface area contributed by atoms with Crippen LogP contribution in [0.2, 0.25) is 0 Å². The molecule has 0 heterocycles. The minimum Gasteiger partial charge on any atom is -0.344 e. The second-order valence-electron chi connectivity index (χ2n) is 5.90. The van der Waals surface area contributed by atoms with E-state index in [-0.39, 0.29) is 0 Å². The van der Waals surface area contributed by atoms with Gasteiger partial charge in [0.25, 0.3) is 0 Å². The number of hydrogen-bond acceptors (Lipinski definition) is 2. The van der Waals surface area contributed by atoms with Crippen LogP contribution in [0.3, 0.4) is 0 Å². The first kappa shape index (κ1) is 16.7. The number of aryl methyl sites for hydroxylation is 1. The van der Waals surface area contributed by atoms with Crippen LogP contribution < -0.4 is 10.6 Å². The third-order valence-electron chi connectivity index (χ3n) is 3.62. The number of carbonyl (C=O) groups is 2. The predicted octanol–water partition coefficient (Wildman–Crippen LogP) is 3.37. The van der Waals surface area contributed by atoms with Crippen molar-refractivity contribution < 1.29 is 9.59 Å². The minimum atomic E-state index is -0.658. The van der Waals surface area contributed by atoms with Crippen LogP contribution in [0.4, 0.5) is 5.69 Å². The molecule has 0 aliphatic heterocycles. The van der Waals surface area contributed by atoms with Crippen molar-refractivity contribution in [2.45, 2.75) is 33.2 Å². The fourth-order valence-electron chi connectivity index (χ4n) is 2.11. The van der Waals surface area contributed by atoms with Crippen LogP contribution in [-0.4, -0.2) is 11.8 Å². The molecule has 0 saturated carbocycles. The van der Waals surface area contributed by atoms with Gasteiger partial charge in [-0.2, -0.15) is 0 Å². The maximum absolute atomic E-state index is 11.9. The Kier molecular flexibility index (Phi) is 5.52. The number of amides is 2. The number of anilines is 1. The molecule has 2 aromatic rings. The van der Waals surface area contributed by atoms with Gasteiger partial charge in [-0.25, -0.2) is 0 Å². The molecular weight excluding hydrogens is 288 g/mol. The zero-order valence-electron chi connectivity index (χ0n) is 13.7. The number of hydrogen-bond donors (Lipinski definition) is 2. The third-order valence-corrected chi connectivity index (χ3v) is 3.62. The largest absolute Gasteiger partial charge is 0.344 e. The summed E-state index contributed by atoms with van der Waals surface area (Å²) in [6.07, 6.45) is 0. The van der Waals surface area contributed by atoms with Gasteiger partial charge in [-0.05, 0) is 36.1 Å². The van der Waals surface area contributed by atoms with Crippen molar-refractivity contribution in [3.63, 3.8) is 0 Å². The van der Waals surface area contributed by atoms with E-state index in [1.807, 2.05) is 43.3 Å². The van der Waals surface area contributed by atoms with Crippen molar-refractivity contribution in [2.75, 3.05) is 5.32 Å². The minimum absolute atomic E-state index is 0.332. The van der Waals surface area contributed by atoms with E-state index in [1.54, 1.807) is 12.1 Å². The van der Waals surface area contributed by atoms with E-state index >= 15 is 0 Å². The van der Waals surface area contributed by atoms with Gasteiger partial charge in [0, 0.05) is 12.2 Å². The summed E-state index contributed by atoms with van der Waals surface area (Å²) < 4.78 is 0. The first-order valence-corrected chi connectivity index (χ1v) is 7.70. The Bertz CT molecular complexity index is 674. The number of rotatable bonds is 4. The van der Waals surface area contributed by atoms with Gasteiger partial charge in [-0.1, -0.05) is 55.8 Å². The Morgan fingerprint density at radius 3 is 2.09 bits per heavy atom. The highest BCUT2D eigenvalue weighted by atomic mass is 16.2. The summed E-state index contributed by atoms with van der Waals surface area (Å²) in [5.41, 5.74) is 3.91. The van der Waals surface area contributed by atoms with Crippen molar-refractivity contribution in [3.8, 4) is 0 Å². The predicted molar refractivity (Wildman–Crippen MR) is 92.2 cm³/mol. The summed E-state index contributed by atoms with van der Waals surface area (Å²) in [7, 11) is 0. The lowest BCUT2D eigenvalue weighted by Gasteiger charge is -2.09. The molecule has 0 aromatic heterocycles. The standard InChI is InChI=1S/C19H22N2O2/c1-13(2)16-8-10-17(11-9-16)21-19(23)18(22)20-12-15-6-4-14(3)5-7-15/h4-11,13H,12H2,1-3H3,(H,20,22)(H,21,23). The van der Waals surface area contributed by atoms with E-state index in [1.165, 1.54) is 5.56 Å². The quantitative estimate of drug-likeness (QED) is 0.851. The van der Waals surface area contributed by atoms with E-state index in [2.05, 4.69) is 24.5 Å². The van der Waals surface area contributed by atoms with E-state index in [0.29, 0.717) is 18.2 Å². The Hall–Kier alpha value is -2.62. The zero-order chi connectivity index (χ0) is 16.8. The summed E-state index contributed by atoms with van der Waals surface area (Å²) in [6.45, 7) is 6.54. The fourth-order valence-corrected chi connectivity index (χ4v) is 2.11. The van der Waals surface area contributed by atoms with Crippen molar-refractivity contribution >= 4 is 17.5 Å². The van der Waals surface area contributed by atoms with Crippen molar-refractivity contribution in [1.82, 2.24) is 5.32 Å². The number of nitrogens with one attached hydrogen (secondary N) is 2. The van der Waals surface area contributed by atoms with Gasteiger partial charge in [0.1, 0.15) is 0 Å². The van der Waals surface area contributed by atoms with Crippen LogP contribution in [-0.2, 0) is 16.1 Å². The lowest BCUT2D eigenvalue weighted by Crippen LogP contribution is -2.34. The van der Waals surface area contributed by atoms with Crippen molar-refractivity contribution in [1.29, 1.82) is 0 Å². The van der Waals surface area contributed by atoms with Crippen LogP contribution >= 0.6 is 0 Å². The van der Waals surface area contributed by atoms with Gasteiger partial charge in [0.2, 0.25) is 0 Å². The molecule has 0 fully saturated rings. The van der Waals surface area contributed by atoms with Gasteiger partial charge in [0.05, 0.1) is 0 Å². The highest BCUT2D eigenvalue weighted by molar-refractivity contribution is 6.39. The average molecular weight is 310 g/mol. The Balaban J connectivity index is 1.87. The molecule has 2 amide bonds. The lowest BCUT2D eigenvalue weighted by molar-refractivity contribution is -0.136. The molecule has 4 heteroatoms. The zero-order valence-corrected chi connectivity index (χ0v) is 13.7. The summed E-state index contributed by atoms with van der Waals surface area (Å²) in [5, 5.41) is 5.22. The first-order valence-electron chi connectivity index (χ1n) is 7.70. The SMILES string of the molecule is Cc1ccc(CNC(=O)C(=O)Nc2ccc(C(C)C)cc2)cc1. The fraction of sp³-hybridized carbons (Fsp3) is 0.263. The maximum Gasteiger partial charge on any atom is 0.313 e. The highest BCUT2D eigenvalue weighted by Gasteiger charge is 2.13. The number of carbonyl (C=O) groups excluding carboxylic acids is 2. The van der Waals surface area contributed by atoms with Gasteiger partial charge in [-0.15, -0.1) is 0 Å². The Morgan fingerprint density at radius 1 is 0.913 bits per heavy atom. The molecule has 0 aliphatic rings. The molecule has 2 rings (SSSR count). The topological polar surface area (TPSA) is 58.2 Å². The van der Waals surface area contributed by atoms with E-state index in [9.17, 15) is 9.59 Å². The molecule has 0 atom stereocenters. The smallest absolute Gasteiger partial charge is 0.313 e. The molecule has 0 spiro atoms. The second kappa shape index (κ2) is 7.58. The van der Waals surface area contributed by atoms with Gasteiger partial charge in [-0.3, -0.25) is 9.59 Å². The third kappa shape index (κ3) is 4.95. The molecule has 4 nitrogen and oxygen atoms in total. The maximum atomic E-state index is 11.9. The average Bonchev–Trinajstić information content (AvgIpc) is 2.54. The Morgan fingerprint density at radius 2 is 1.52 bits per heavy atom. The van der Waals surface area contributed by atoms with Crippen LogP contribution in [0.25, 0.3) is 0 Å². The molecular formula is C19H22N2O2. The second-order valence-corrected chi connectivity index (χ2v) is 5.90. The molecule has 23 heavy (non-hydrogen) atoms. The van der Waals surface area contributed by atoms with Crippen LogP contribution in [0, 0.1) is 6.92 Å². The van der Waals surface area contributed by atoms with Crippen molar-refractivity contribution in [3.05, 3.63) is 65.2 Å². The molecule has 120 valence electrons. The van der Waals surface area contributed by atoms with E-state index in [4.69, 9.17) is 0 Å². The molecule has 2 aromatic carbocycles. The van der Waals surface area contributed by atoms with Crippen molar-refractivity contribution in [2.24, 2.45) is 0 Å². The Labute approximate surface area is 136 Å². The highest BCUT2D eigenvalue weighted by Crippen LogP contribution is 2.17. The molecule has 0 aliphatic carbocycles. The van der Waals surface area contributed by atoms with Crippen LogP contribution in [0.1, 0.15) is 36.5 Å². The summed E-state index contributed by atoms with van der Waals surface area (Å²) in [6, 6.07) is 15.3. The number of benzene rings is 2. The summed E-state index contributed by atoms with van der Waals surface area (Å²) >= 11 is 0. The van der Waals surface area contributed by atoms with Gasteiger partial charge >= 0.3 is 11.8 Å². The normalized spacial score (nSPS) is 10.4. The van der Waals surface area contributed by atoms with Gasteiger partial charge in [0.15, 0.2) is 0 Å². The summed E-state index contributed by atoms with van der Waals surface area (Å²) in [5.74, 6) is -0.870. The monoisotopic (exact) mass is 310 g/mol. The van der Waals surface area contributed by atoms with Crippen LogP contribution in [0.15, 0.2) is 48.5 Å². The molecule has 2 N–H and O–H groups in total. The van der Waals surface area contributed by atoms with Gasteiger partial charge < -0.3 is 10.6 Å². The van der Waals surface area contributed by atoms with Crippen LogP contribution in [0.5, 0.6) is 0 Å². The molecule has 0 radical (unpaired) electrons. The molecule has 0 bridgehead atoms. The molecule has 0 unspecified atom stereocenters. The van der Waals surface area contributed by atoms with E-state index in [0.717, 1.165) is 11.1 Å². The molecule has 0 saturated heterocycles. The summed E-state index contributed by atoms with van der Waals surface area (Å²) in [4.78, 5) is 23.7.